The Morgan fingerprint density at radius 2 is 1.95 bits per heavy atom. The molecule has 0 aliphatic heterocycles. The van der Waals surface area contributed by atoms with E-state index in [0.29, 0.717) is 6.54 Å². The van der Waals surface area contributed by atoms with E-state index >= 15 is 0 Å². The highest BCUT2D eigenvalue weighted by Crippen LogP contribution is 2.11. The molecule has 0 aliphatic carbocycles. The standard InChI is InChI=1S/C15H21NO3/c1-11-5-6-13(12(2)9-11)7-8-16(3)14(17)10-15(18)19-4/h5-6,9H,7-8,10H2,1-4H3. The molecule has 0 heterocycles. The van der Waals surface area contributed by atoms with Gasteiger partial charge in [0.25, 0.3) is 0 Å². The van der Waals surface area contributed by atoms with E-state index in [1.165, 1.54) is 23.8 Å². The Bertz CT molecular complexity index is 468. The van der Waals surface area contributed by atoms with Gasteiger partial charge in [-0.15, -0.1) is 0 Å². The molecule has 0 spiro atoms. The van der Waals surface area contributed by atoms with Crippen molar-refractivity contribution in [2.24, 2.45) is 0 Å². The fourth-order valence-electron chi connectivity index (χ4n) is 1.87. The average Bonchev–Trinajstić information content (AvgIpc) is 2.37. The van der Waals surface area contributed by atoms with E-state index in [1.807, 2.05) is 0 Å². The molecule has 0 saturated carbocycles. The van der Waals surface area contributed by atoms with E-state index in [2.05, 4.69) is 36.8 Å². The maximum Gasteiger partial charge on any atom is 0.315 e. The van der Waals surface area contributed by atoms with E-state index in [1.54, 1.807) is 11.9 Å². The van der Waals surface area contributed by atoms with Gasteiger partial charge in [-0.2, -0.15) is 0 Å². The third-order valence-electron chi connectivity index (χ3n) is 3.16. The topological polar surface area (TPSA) is 46.6 Å². The molecule has 4 heteroatoms. The molecule has 0 fully saturated rings. The van der Waals surface area contributed by atoms with Crippen LogP contribution in [-0.2, 0) is 20.7 Å². The number of aryl methyl sites for hydroxylation is 2. The molecule has 19 heavy (non-hydrogen) atoms. The molecule has 1 amide bonds. The van der Waals surface area contributed by atoms with Crippen molar-refractivity contribution in [3.63, 3.8) is 0 Å². The van der Waals surface area contributed by atoms with Crippen LogP contribution in [0.4, 0.5) is 0 Å². The Hall–Kier alpha value is -1.84. The monoisotopic (exact) mass is 263 g/mol. The molecule has 0 N–H and O–H groups in total. The zero-order chi connectivity index (χ0) is 14.4. The molecule has 0 aromatic heterocycles. The number of hydrogen-bond donors (Lipinski definition) is 0. The van der Waals surface area contributed by atoms with E-state index < -0.39 is 5.97 Å². The first-order valence-electron chi connectivity index (χ1n) is 6.31. The lowest BCUT2D eigenvalue weighted by Crippen LogP contribution is -2.30. The third-order valence-corrected chi connectivity index (χ3v) is 3.16. The Kier molecular flexibility index (Phi) is 5.55. The van der Waals surface area contributed by atoms with Crippen LogP contribution >= 0.6 is 0 Å². The summed E-state index contributed by atoms with van der Waals surface area (Å²) in [7, 11) is 2.99. The highest BCUT2D eigenvalue weighted by atomic mass is 16.5. The normalized spacial score (nSPS) is 10.1. The van der Waals surface area contributed by atoms with Crippen LogP contribution in [0.1, 0.15) is 23.1 Å². The zero-order valence-electron chi connectivity index (χ0n) is 12.0. The second-order valence-electron chi connectivity index (χ2n) is 4.75. The SMILES string of the molecule is COC(=O)CC(=O)N(C)CCc1ccc(C)cc1C. The van der Waals surface area contributed by atoms with Gasteiger partial charge < -0.3 is 9.64 Å². The van der Waals surface area contributed by atoms with Gasteiger partial charge in [-0.3, -0.25) is 9.59 Å². The number of ether oxygens (including phenoxy) is 1. The summed E-state index contributed by atoms with van der Waals surface area (Å²) in [6.07, 6.45) is 0.593. The second-order valence-corrected chi connectivity index (χ2v) is 4.75. The molecule has 1 rings (SSSR count). The summed E-state index contributed by atoms with van der Waals surface area (Å²) < 4.78 is 4.48. The van der Waals surface area contributed by atoms with Gasteiger partial charge in [0, 0.05) is 13.6 Å². The summed E-state index contributed by atoms with van der Waals surface area (Å²) in [6, 6.07) is 6.29. The Balaban J connectivity index is 2.51. The number of methoxy groups -OCH3 is 1. The molecule has 1 aromatic rings. The molecule has 0 saturated heterocycles. The van der Waals surface area contributed by atoms with Crippen molar-refractivity contribution in [2.75, 3.05) is 20.7 Å². The number of amides is 1. The van der Waals surface area contributed by atoms with Gasteiger partial charge in [-0.1, -0.05) is 23.8 Å². The van der Waals surface area contributed by atoms with Crippen LogP contribution in [0.5, 0.6) is 0 Å². The number of esters is 1. The summed E-state index contributed by atoms with van der Waals surface area (Å²) in [6.45, 7) is 4.72. The van der Waals surface area contributed by atoms with Crippen molar-refractivity contribution in [1.82, 2.24) is 4.90 Å². The first kappa shape index (κ1) is 15.2. The number of carbonyl (C=O) groups is 2. The molecule has 104 valence electrons. The third kappa shape index (κ3) is 4.73. The second kappa shape index (κ2) is 6.92. The summed E-state index contributed by atoms with van der Waals surface area (Å²) >= 11 is 0. The maximum absolute atomic E-state index is 11.7. The molecule has 0 bridgehead atoms. The van der Waals surface area contributed by atoms with Gasteiger partial charge in [-0.05, 0) is 31.4 Å². The molecule has 0 unspecified atom stereocenters. The molecular weight excluding hydrogens is 242 g/mol. The van der Waals surface area contributed by atoms with Crippen LogP contribution in [0, 0.1) is 13.8 Å². The number of carbonyl (C=O) groups excluding carboxylic acids is 2. The van der Waals surface area contributed by atoms with Crippen molar-refractivity contribution in [3.8, 4) is 0 Å². The van der Waals surface area contributed by atoms with Gasteiger partial charge in [0.15, 0.2) is 0 Å². The predicted octanol–water partition coefficient (Wildman–Crippen LogP) is 1.87. The number of benzene rings is 1. The first-order valence-corrected chi connectivity index (χ1v) is 6.31. The van der Waals surface area contributed by atoms with E-state index in [9.17, 15) is 9.59 Å². The first-order chi connectivity index (χ1) is 8.93. The van der Waals surface area contributed by atoms with Crippen LogP contribution in [0.2, 0.25) is 0 Å². The summed E-state index contributed by atoms with van der Waals surface area (Å²) in [5, 5.41) is 0. The Morgan fingerprint density at radius 1 is 1.26 bits per heavy atom. The lowest BCUT2D eigenvalue weighted by molar-refractivity contribution is -0.146. The zero-order valence-corrected chi connectivity index (χ0v) is 12.0. The fraction of sp³-hybridized carbons (Fsp3) is 0.467. The van der Waals surface area contributed by atoms with Crippen molar-refractivity contribution in [3.05, 3.63) is 34.9 Å². The average molecular weight is 263 g/mol. The minimum absolute atomic E-state index is 0.195. The van der Waals surface area contributed by atoms with Gasteiger partial charge >= 0.3 is 5.97 Å². The minimum atomic E-state index is -0.497. The van der Waals surface area contributed by atoms with Gasteiger partial charge in [0.05, 0.1) is 7.11 Å². The highest BCUT2D eigenvalue weighted by Gasteiger charge is 2.14. The molecule has 0 radical (unpaired) electrons. The number of likely N-dealkylation sites (N-methyl/N-ethyl adjacent to an activating group) is 1. The van der Waals surface area contributed by atoms with Crippen molar-refractivity contribution in [2.45, 2.75) is 26.7 Å². The Labute approximate surface area is 114 Å². The highest BCUT2D eigenvalue weighted by molar-refractivity contribution is 5.94. The molecular formula is C15H21NO3. The van der Waals surface area contributed by atoms with Crippen LogP contribution in [0.3, 0.4) is 0 Å². The molecule has 0 atom stereocenters. The predicted molar refractivity (Wildman–Crippen MR) is 73.9 cm³/mol. The number of rotatable bonds is 5. The summed E-state index contributed by atoms with van der Waals surface area (Å²) in [5.74, 6) is -0.708. The number of hydrogen-bond acceptors (Lipinski definition) is 3. The van der Waals surface area contributed by atoms with E-state index in [0.717, 1.165) is 6.42 Å². The lowest BCUT2D eigenvalue weighted by atomic mass is 10.0. The van der Waals surface area contributed by atoms with E-state index in [-0.39, 0.29) is 12.3 Å². The molecule has 0 aliphatic rings. The van der Waals surface area contributed by atoms with Crippen LogP contribution in [0.25, 0.3) is 0 Å². The lowest BCUT2D eigenvalue weighted by Gasteiger charge is -2.17. The molecule has 4 nitrogen and oxygen atoms in total. The smallest absolute Gasteiger partial charge is 0.315 e. The van der Waals surface area contributed by atoms with Crippen LogP contribution < -0.4 is 0 Å². The van der Waals surface area contributed by atoms with Crippen LogP contribution in [0.15, 0.2) is 18.2 Å². The van der Waals surface area contributed by atoms with Gasteiger partial charge in [0.1, 0.15) is 6.42 Å². The quantitative estimate of drug-likeness (QED) is 0.602. The number of nitrogens with zero attached hydrogens (tertiary/aromatic N) is 1. The largest absolute Gasteiger partial charge is 0.469 e. The minimum Gasteiger partial charge on any atom is -0.469 e. The summed E-state index contributed by atoms with van der Waals surface area (Å²) in [5.41, 5.74) is 3.69. The van der Waals surface area contributed by atoms with Gasteiger partial charge in [-0.25, -0.2) is 0 Å². The van der Waals surface area contributed by atoms with E-state index in [4.69, 9.17) is 0 Å². The van der Waals surface area contributed by atoms with Crippen molar-refractivity contribution < 1.29 is 14.3 Å². The van der Waals surface area contributed by atoms with Crippen molar-refractivity contribution in [1.29, 1.82) is 0 Å². The van der Waals surface area contributed by atoms with Gasteiger partial charge in [0.2, 0.25) is 5.91 Å². The maximum atomic E-state index is 11.7. The van der Waals surface area contributed by atoms with Crippen LogP contribution in [-0.4, -0.2) is 37.5 Å². The molecule has 1 aromatic carbocycles. The van der Waals surface area contributed by atoms with Crippen molar-refractivity contribution >= 4 is 11.9 Å². The Morgan fingerprint density at radius 3 is 2.53 bits per heavy atom. The fourth-order valence-corrected chi connectivity index (χ4v) is 1.87. The summed E-state index contributed by atoms with van der Waals surface area (Å²) in [4.78, 5) is 24.3.